The van der Waals surface area contributed by atoms with Crippen molar-refractivity contribution in [2.75, 3.05) is 19.8 Å². The molecular formula is C23H29NO6. The van der Waals surface area contributed by atoms with E-state index >= 15 is 0 Å². The van der Waals surface area contributed by atoms with Crippen LogP contribution < -0.4 is 10.1 Å². The summed E-state index contributed by atoms with van der Waals surface area (Å²) in [7, 11) is 0. The molecule has 5 N–H and O–H groups in total. The monoisotopic (exact) mass is 415 g/mol. The van der Waals surface area contributed by atoms with Crippen molar-refractivity contribution in [3.8, 4) is 5.75 Å². The minimum Gasteiger partial charge on any atom is -0.494 e. The number of benzene rings is 2. The molecule has 162 valence electrons. The van der Waals surface area contributed by atoms with Gasteiger partial charge in [-0.1, -0.05) is 30.3 Å². The number of ether oxygens (including phenoxy) is 2. The fourth-order valence-electron chi connectivity index (χ4n) is 4.35. The normalized spacial score (nSPS) is 31.2. The van der Waals surface area contributed by atoms with Crippen molar-refractivity contribution in [1.82, 2.24) is 5.32 Å². The fourth-order valence-corrected chi connectivity index (χ4v) is 4.35. The van der Waals surface area contributed by atoms with Gasteiger partial charge in [0.05, 0.1) is 19.3 Å². The van der Waals surface area contributed by atoms with E-state index < -0.39 is 37.1 Å². The van der Waals surface area contributed by atoms with Crippen molar-refractivity contribution in [1.29, 1.82) is 0 Å². The molecule has 1 saturated heterocycles. The third-order valence-corrected chi connectivity index (χ3v) is 5.97. The zero-order valence-corrected chi connectivity index (χ0v) is 16.9. The van der Waals surface area contributed by atoms with E-state index in [9.17, 15) is 20.4 Å². The van der Waals surface area contributed by atoms with E-state index in [1.807, 2.05) is 49.4 Å². The summed E-state index contributed by atoms with van der Waals surface area (Å²) in [6.45, 7) is 2.98. The maximum absolute atomic E-state index is 10.5. The summed E-state index contributed by atoms with van der Waals surface area (Å²) < 4.78 is 11.3. The Kier molecular flexibility index (Phi) is 6.38. The summed E-state index contributed by atoms with van der Waals surface area (Å²) in [5.41, 5.74) is 4.09. The average Bonchev–Trinajstić information content (AvgIpc) is 2.78. The number of hydrogen-bond acceptors (Lipinski definition) is 7. The van der Waals surface area contributed by atoms with Gasteiger partial charge in [-0.2, -0.15) is 0 Å². The topological polar surface area (TPSA) is 111 Å². The van der Waals surface area contributed by atoms with Gasteiger partial charge in [-0.05, 0) is 47.7 Å². The van der Waals surface area contributed by atoms with E-state index in [4.69, 9.17) is 9.47 Å². The van der Waals surface area contributed by atoms with Crippen LogP contribution in [0.3, 0.4) is 0 Å². The van der Waals surface area contributed by atoms with Gasteiger partial charge in [0.25, 0.3) is 0 Å². The molecule has 0 aromatic heterocycles. The van der Waals surface area contributed by atoms with Crippen molar-refractivity contribution in [3.05, 3.63) is 64.7 Å². The molecule has 2 heterocycles. The highest BCUT2D eigenvalue weighted by atomic mass is 16.5. The summed E-state index contributed by atoms with van der Waals surface area (Å²) in [6, 6.07) is 13.9. The fraction of sp³-hybridized carbons (Fsp3) is 0.478. The highest BCUT2D eigenvalue weighted by Gasteiger charge is 2.44. The first-order valence-corrected chi connectivity index (χ1v) is 10.4. The molecule has 2 aliphatic rings. The number of hydrogen-bond donors (Lipinski definition) is 5. The SMILES string of the molecule is CCOc1ccc([C@@H]2NCCc3ccc([C@@H]4O[C@H](CO)[C@@H](O)[C@H](O)[C@H]4O)cc32)cc1. The van der Waals surface area contributed by atoms with Crippen LogP contribution in [0.25, 0.3) is 0 Å². The molecule has 30 heavy (non-hydrogen) atoms. The van der Waals surface area contributed by atoms with Crippen LogP contribution in [0.1, 0.15) is 41.3 Å². The number of fused-ring (bicyclic) bond motifs is 1. The van der Waals surface area contributed by atoms with Gasteiger partial charge >= 0.3 is 0 Å². The van der Waals surface area contributed by atoms with E-state index in [2.05, 4.69) is 5.32 Å². The van der Waals surface area contributed by atoms with Crippen LogP contribution in [0.2, 0.25) is 0 Å². The molecule has 7 heteroatoms. The van der Waals surface area contributed by atoms with E-state index in [-0.39, 0.29) is 6.04 Å². The van der Waals surface area contributed by atoms with Crippen molar-refractivity contribution in [3.63, 3.8) is 0 Å². The Hall–Kier alpha value is -2.00. The zero-order chi connectivity index (χ0) is 21.3. The van der Waals surface area contributed by atoms with E-state index in [1.54, 1.807) is 0 Å². The molecule has 2 aliphatic heterocycles. The highest BCUT2D eigenvalue weighted by molar-refractivity contribution is 5.44. The molecule has 1 fully saturated rings. The first-order chi connectivity index (χ1) is 14.5. The predicted octanol–water partition coefficient (Wildman–Crippen LogP) is 0.835. The number of rotatable bonds is 5. The lowest BCUT2D eigenvalue weighted by atomic mass is 9.85. The van der Waals surface area contributed by atoms with Crippen LogP contribution in [-0.2, 0) is 11.2 Å². The van der Waals surface area contributed by atoms with Crippen molar-refractivity contribution in [2.24, 2.45) is 0 Å². The molecule has 0 bridgehead atoms. The molecule has 0 saturated carbocycles. The van der Waals surface area contributed by atoms with E-state index in [0.29, 0.717) is 12.2 Å². The van der Waals surface area contributed by atoms with Crippen LogP contribution in [-0.4, -0.2) is 64.6 Å². The molecule has 4 rings (SSSR count). The number of nitrogens with one attached hydrogen (secondary N) is 1. The molecule has 0 aliphatic carbocycles. The number of aliphatic hydroxyl groups is 4. The Morgan fingerprint density at radius 3 is 2.43 bits per heavy atom. The van der Waals surface area contributed by atoms with Crippen molar-refractivity contribution < 1.29 is 29.9 Å². The minimum atomic E-state index is -1.39. The molecular weight excluding hydrogens is 386 g/mol. The molecule has 7 nitrogen and oxygen atoms in total. The summed E-state index contributed by atoms with van der Waals surface area (Å²) in [6.07, 6.45) is -4.92. The summed E-state index contributed by atoms with van der Waals surface area (Å²) in [5.74, 6) is 0.826. The summed E-state index contributed by atoms with van der Waals surface area (Å²) >= 11 is 0. The lowest BCUT2D eigenvalue weighted by Crippen LogP contribution is -2.55. The maximum Gasteiger partial charge on any atom is 0.119 e. The van der Waals surface area contributed by atoms with Gasteiger partial charge in [0.15, 0.2) is 0 Å². The Balaban J connectivity index is 1.65. The second kappa shape index (κ2) is 9.01. The van der Waals surface area contributed by atoms with E-state index in [0.717, 1.165) is 29.8 Å². The quantitative estimate of drug-likeness (QED) is 0.492. The Bertz CT molecular complexity index is 855. The van der Waals surface area contributed by atoms with Crippen LogP contribution >= 0.6 is 0 Å². The van der Waals surface area contributed by atoms with Crippen molar-refractivity contribution >= 4 is 0 Å². The Morgan fingerprint density at radius 2 is 1.73 bits per heavy atom. The van der Waals surface area contributed by atoms with E-state index in [1.165, 1.54) is 5.56 Å². The molecule has 0 amide bonds. The molecule has 2 aromatic rings. The third kappa shape index (κ3) is 3.97. The molecule has 2 aromatic carbocycles. The lowest BCUT2D eigenvalue weighted by molar-refractivity contribution is -0.231. The Labute approximate surface area is 175 Å². The van der Waals surface area contributed by atoms with Gasteiger partial charge in [-0.15, -0.1) is 0 Å². The van der Waals surface area contributed by atoms with Gasteiger partial charge in [0, 0.05) is 6.54 Å². The standard InChI is InChI=1S/C23H29NO6/c1-2-29-16-7-5-14(6-8-16)19-17-11-15(4-3-13(17)9-10-24-19)23-22(28)21(27)20(26)18(12-25)30-23/h3-8,11,18-28H,2,9-10,12H2,1H3/t18-,19+,20-,21+,22-,23+/m1/s1. The number of aliphatic hydroxyl groups excluding tert-OH is 4. The summed E-state index contributed by atoms with van der Waals surface area (Å²) in [5, 5.41) is 43.7. The van der Waals surface area contributed by atoms with Gasteiger partial charge in [-0.3, -0.25) is 0 Å². The van der Waals surface area contributed by atoms with Crippen LogP contribution in [0.5, 0.6) is 5.75 Å². The highest BCUT2D eigenvalue weighted by Crippen LogP contribution is 2.36. The second-order valence-electron chi connectivity index (χ2n) is 7.85. The van der Waals surface area contributed by atoms with Crippen LogP contribution in [0.15, 0.2) is 42.5 Å². The first-order valence-electron chi connectivity index (χ1n) is 10.4. The second-order valence-corrected chi connectivity index (χ2v) is 7.85. The molecule has 6 atom stereocenters. The van der Waals surface area contributed by atoms with Gasteiger partial charge in [-0.25, -0.2) is 0 Å². The van der Waals surface area contributed by atoms with Crippen LogP contribution in [0.4, 0.5) is 0 Å². The van der Waals surface area contributed by atoms with Gasteiger partial charge in [0.1, 0.15) is 36.3 Å². The average molecular weight is 415 g/mol. The zero-order valence-electron chi connectivity index (χ0n) is 16.9. The lowest BCUT2D eigenvalue weighted by Gasteiger charge is -2.40. The van der Waals surface area contributed by atoms with Crippen molar-refractivity contribution in [2.45, 2.75) is 49.9 Å². The minimum absolute atomic E-state index is 0.0192. The smallest absolute Gasteiger partial charge is 0.119 e. The predicted molar refractivity (Wildman–Crippen MR) is 110 cm³/mol. The van der Waals surface area contributed by atoms with Crippen LogP contribution in [0, 0.1) is 0 Å². The molecule has 0 radical (unpaired) electrons. The maximum atomic E-state index is 10.5. The molecule has 0 spiro atoms. The summed E-state index contributed by atoms with van der Waals surface area (Å²) in [4.78, 5) is 0. The van der Waals surface area contributed by atoms with Gasteiger partial charge < -0.3 is 35.2 Å². The van der Waals surface area contributed by atoms with Gasteiger partial charge in [0.2, 0.25) is 0 Å². The third-order valence-electron chi connectivity index (χ3n) is 5.97. The largest absolute Gasteiger partial charge is 0.494 e. The Morgan fingerprint density at radius 1 is 1.00 bits per heavy atom. The molecule has 0 unspecified atom stereocenters. The first kappa shape index (κ1) is 21.2.